The smallest absolute Gasteiger partial charge is 0.356 e. The SMILES string of the molecule is C\C1=N/C(C(=O)O)=C\N=C\C=C/C1. The number of nitrogens with zero attached hydrogens (tertiary/aromatic N) is 2. The summed E-state index contributed by atoms with van der Waals surface area (Å²) in [6, 6.07) is 0. The van der Waals surface area contributed by atoms with E-state index in [-0.39, 0.29) is 5.70 Å². The zero-order chi connectivity index (χ0) is 9.68. The van der Waals surface area contributed by atoms with Crippen molar-refractivity contribution < 1.29 is 9.90 Å². The number of carbonyl (C=O) groups is 1. The van der Waals surface area contributed by atoms with E-state index in [2.05, 4.69) is 9.98 Å². The molecule has 0 aromatic heterocycles. The maximum atomic E-state index is 10.6. The van der Waals surface area contributed by atoms with E-state index < -0.39 is 5.97 Å². The van der Waals surface area contributed by atoms with Gasteiger partial charge < -0.3 is 5.11 Å². The topological polar surface area (TPSA) is 62.0 Å². The molecule has 0 saturated heterocycles. The van der Waals surface area contributed by atoms with Gasteiger partial charge in [-0.2, -0.15) is 0 Å². The molecule has 1 rings (SSSR count). The summed E-state index contributed by atoms with van der Waals surface area (Å²) in [5, 5.41) is 8.70. The molecular weight excluding hydrogens is 168 g/mol. The van der Waals surface area contributed by atoms with Crippen LogP contribution in [0.4, 0.5) is 0 Å². The van der Waals surface area contributed by atoms with Crippen LogP contribution in [0.2, 0.25) is 0 Å². The summed E-state index contributed by atoms with van der Waals surface area (Å²) in [7, 11) is 0. The van der Waals surface area contributed by atoms with Gasteiger partial charge in [0.2, 0.25) is 0 Å². The average molecular weight is 178 g/mol. The van der Waals surface area contributed by atoms with Gasteiger partial charge >= 0.3 is 5.97 Å². The van der Waals surface area contributed by atoms with Crippen LogP contribution in [-0.4, -0.2) is 23.0 Å². The fraction of sp³-hybridized carbons (Fsp3) is 0.222. The monoisotopic (exact) mass is 178 g/mol. The highest BCUT2D eigenvalue weighted by Gasteiger charge is 2.05. The number of carboxylic acids is 1. The Balaban J connectivity index is 2.98. The fourth-order valence-electron chi connectivity index (χ4n) is 0.846. The first kappa shape index (κ1) is 9.38. The van der Waals surface area contributed by atoms with Crippen molar-refractivity contribution in [1.29, 1.82) is 0 Å². The van der Waals surface area contributed by atoms with E-state index in [1.807, 2.05) is 6.08 Å². The van der Waals surface area contributed by atoms with Crippen LogP contribution in [0.1, 0.15) is 13.3 Å². The van der Waals surface area contributed by atoms with Crippen LogP contribution in [0, 0.1) is 0 Å². The van der Waals surface area contributed by atoms with E-state index >= 15 is 0 Å². The van der Waals surface area contributed by atoms with Crippen molar-refractivity contribution in [2.75, 3.05) is 0 Å². The molecular formula is C9H10N2O2. The second-order valence-corrected chi connectivity index (χ2v) is 2.60. The third-order valence-electron chi connectivity index (χ3n) is 1.45. The van der Waals surface area contributed by atoms with E-state index in [4.69, 9.17) is 5.11 Å². The van der Waals surface area contributed by atoms with Gasteiger partial charge in [0, 0.05) is 18.3 Å². The molecule has 4 nitrogen and oxygen atoms in total. The third-order valence-corrected chi connectivity index (χ3v) is 1.45. The summed E-state index contributed by atoms with van der Waals surface area (Å²) in [5.74, 6) is -1.06. The molecule has 0 atom stereocenters. The molecule has 1 aliphatic rings. The highest BCUT2D eigenvalue weighted by molar-refractivity contribution is 5.93. The van der Waals surface area contributed by atoms with Gasteiger partial charge in [-0.25, -0.2) is 9.79 Å². The van der Waals surface area contributed by atoms with Gasteiger partial charge in [-0.05, 0) is 13.0 Å². The minimum absolute atomic E-state index is 0.0301. The van der Waals surface area contributed by atoms with Crippen molar-refractivity contribution in [2.24, 2.45) is 9.98 Å². The van der Waals surface area contributed by atoms with Gasteiger partial charge in [-0.1, -0.05) is 6.08 Å². The van der Waals surface area contributed by atoms with Crippen molar-refractivity contribution in [3.05, 3.63) is 24.0 Å². The maximum absolute atomic E-state index is 10.6. The van der Waals surface area contributed by atoms with E-state index in [0.29, 0.717) is 6.42 Å². The zero-order valence-electron chi connectivity index (χ0n) is 7.27. The molecule has 68 valence electrons. The lowest BCUT2D eigenvalue weighted by Crippen LogP contribution is -2.00. The molecule has 0 saturated carbocycles. The molecule has 13 heavy (non-hydrogen) atoms. The van der Waals surface area contributed by atoms with Crippen LogP contribution >= 0.6 is 0 Å². The van der Waals surface area contributed by atoms with Crippen molar-refractivity contribution in [3.8, 4) is 0 Å². The van der Waals surface area contributed by atoms with Gasteiger partial charge in [0.05, 0.1) is 6.20 Å². The molecule has 0 bridgehead atoms. The molecule has 0 aromatic rings. The Bertz CT molecular complexity index is 325. The minimum atomic E-state index is -1.06. The molecule has 1 aliphatic heterocycles. The number of carboxylic acid groups (broad SMARTS) is 1. The maximum Gasteiger partial charge on any atom is 0.356 e. The first-order valence-electron chi connectivity index (χ1n) is 3.86. The standard InChI is InChI=1S/C9H10N2O2/c1-7-4-2-3-5-10-6-8(11-7)9(12)13/h2-3,5-6H,4H2,1H3,(H,12,13)/b3-2-,8-6-,10-5+,11-7+. The molecule has 0 spiro atoms. The van der Waals surface area contributed by atoms with Gasteiger partial charge in [-0.3, -0.25) is 4.99 Å². The Morgan fingerprint density at radius 3 is 3.08 bits per heavy atom. The molecule has 4 heteroatoms. The summed E-state index contributed by atoms with van der Waals surface area (Å²) >= 11 is 0. The molecule has 0 radical (unpaired) electrons. The van der Waals surface area contributed by atoms with Crippen molar-refractivity contribution >= 4 is 17.9 Å². The minimum Gasteiger partial charge on any atom is -0.476 e. The number of aliphatic imine (C=N–C) groups is 2. The van der Waals surface area contributed by atoms with E-state index in [1.165, 1.54) is 12.4 Å². The normalized spacial score (nSPS) is 29.6. The lowest BCUT2D eigenvalue weighted by molar-refractivity contribution is -0.132. The molecule has 0 aliphatic carbocycles. The number of allylic oxidation sites excluding steroid dienone is 2. The predicted molar refractivity (Wildman–Crippen MR) is 51.1 cm³/mol. The summed E-state index contributed by atoms with van der Waals surface area (Å²) in [5.41, 5.74) is 0.729. The number of hydrogen-bond acceptors (Lipinski definition) is 3. The van der Waals surface area contributed by atoms with Crippen LogP contribution in [0.25, 0.3) is 0 Å². The largest absolute Gasteiger partial charge is 0.476 e. The lowest BCUT2D eigenvalue weighted by Gasteiger charge is -1.95. The Morgan fingerprint density at radius 1 is 1.62 bits per heavy atom. The van der Waals surface area contributed by atoms with Gasteiger partial charge in [0.25, 0.3) is 0 Å². The fourth-order valence-corrected chi connectivity index (χ4v) is 0.846. The molecule has 0 fully saturated rings. The van der Waals surface area contributed by atoms with E-state index in [1.54, 1.807) is 13.0 Å². The Hall–Kier alpha value is -1.71. The van der Waals surface area contributed by atoms with Gasteiger partial charge in [0.15, 0.2) is 5.70 Å². The number of hydrogen-bond donors (Lipinski definition) is 1. The lowest BCUT2D eigenvalue weighted by atomic mass is 10.3. The van der Waals surface area contributed by atoms with Crippen LogP contribution < -0.4 is 0 Å². The van der Waals surface area contributed by atoms with Crippen LogP contribution in [0.3, 0.4) is 0 Å². The van der Waals surface area contributed by atoms with Gasteiger partial charge in [-0.15, -0.1) is 0 Å². The number of aliphatic carboxylic acids is 1. The molecule has 0 amide bonds. The highest BCUT2D eigenvalue weighted by Crippen LogP contribution is 2.02. The van der Waals surface area contributed by atoms with Crippen LogP contribution in [0.5, 0.6) is 0 Å². The first-order chi connectivity index (χ1) is 6.20. The highest BCUT2D eigenvalue weighted by atomic mass is 16.4. The Kier molecular flexibility index (Phi) is 3.14. The quantitative estimate of drug-likeness (QED) is 0.659. The summed E-state index contributed by atoms with van der Waals surface area (Å²) < 4.78 is 0. The summed E-state index contributed by atoms with van der Waals surface area (Å²) in [6.07, 6.45) is 7.07. The van der Waals surface area contributed by atoms with Crippen molar-refractivity contribution in [1.82, 2.24) is 0 Å². The van der Waals surface area contributed by atoms with E-state index in [9.17, 15) is 4.79 Å². The average Bonchev–Trinajstić information content (AvgIpc) is 2.16. The molecule has 0 unspecified atom stereocenters. The Labute approximate surface area is 76.0 Å². The molecule has 0 aromatic carbocycles. The summed E-state index contributed by atoms with van der Waals surface area (Å²) in [6.45, 7) is 1.78. The Morgan fingerprint density at radius 2 is 2.38 bits per heavy atom. The predicted octanol–water partition coefficient (Wildman–Crippen LogP) is 1.40. The van der Waals surface area contributed by atoms with Crippen LogP contribution in [0.15, 0.2) is 34.0 Å². The second kappa shape index (κ2) is 4.35. The van der Waals surface area contributed by atoms with Crippen molar-refractivity contribution in [2.45, 2.75) is 13.3 Å². The van der Waals surface area contributed by atoms with Gasteiger partial charge in [0.1, 0.15) is 0 Å². The molecule has 1 heterocycles. The van der Waals surface area contributed by atoms with Crippen molar-refractivity contribution in [3.63, 3.8) is 0 Å². The first-order valence-corrected chi connectivity index (χ1v) is 3.86. The molecule has 1 N–H and O–H groups in total. The van der Waals surface area contributed by atoms with E-state index in [0.717, 1.165) is 5.71 Å². The number of rotatable bonds is 1. The second-order valence-electron chi connectivity index (χ2n) is 2.60. The summed E-state index contributed by atoms with van der Waals surface area (Å²) in [4.78, 5) is 18.3. The van der Waals surface area contributed by atoms with Crippen LogP contribution in [-0.2, 0) is 4.79 Å². The third kappa shape index (κ3) is 3.02. The zero-order valence-corrected chi connectivity index (χ0v) is 7.27.